The minimum atomic E-state index is 0.433. The molecule has 0 aliphatic carbocycles. The molecule has 2 aromatic heterocycles. The number of hydrogen-bond acceptors (Lipinski definition) is 5. The Morgan fingerprint density at radius 2 is 2.11 bits per heavy atom. The predicted octanol–water partition coefficient (Wildman–Crippen LogP) is 2.84. The van der Waals surface area contributed by atoms with Gasteiger partial charge < -0.3 is 5.73 Å². The number of nitrogens with zero attached hydrogens (tertiary/aromatic N) is 4. The van der Waals surface area contributed by atoms with Crippen LogP contribution >= 0.6 is 22.9 Å². The van der Waals surface area contributed by atoms with Crippen molar-refractivity contribution in [1.82, 2.24) is 20.0 Å². The molecule has 5 nitrogen and oxygen atoms in total. The van der Waals surface area contributed by atoms with Crippen LogP contribution in [0.5, 0.6) is 0 Å². The quantitative estimate of drug-likeness (QED) is 0.788. The molecule has 0 fully saturated rings. The van der Waals surface area contributed by atoms with Crippen LogP contribution in [0, 0.1) is 0 Å². The molecule has 0 spiro atoms. The third-order valence-corrected chi connectivity index (χ3v) is 3.78. The van der Waals surface area contributed by atoms with E-state index in [0.717, 1.165) is 21.7 Å². The summed E-state index contributed by atoms with van der Waals surface area (Å²) in [5, 5.41) is 13.7. The van der Waals surface area contributed by atoms with Crippen molar-refractivity contribution in [3.05, 3.63) is 35.6 Å². The maximum absolute atomic E-state index is 6.30. The first-order valence-corrected chi connectivity index (χ1v) is 6.71. The van der Waals surface area contributed by atoms with Gasteiger partial charge in [-0.1, -0.05) is 29.0 Å². The van der Waals surface area contributed by atoms with E-state index in [0.29, 0.717) is 10.2 Å². The number of benzene rings is 1. The Morgan fingerprint density at radius 1 is 1.26 bits per heavy atom. The van der Waals surface area contributed by atoms with Gasteiger partial charge in [0.05, 0.1) is 11.2 Å². The molecule has 2 heterocycles. The second kappa shape index (κ2) is 4.64. The van der Waals surface area contributed by atoms with E-state index in [1.807, 2.05) is 31.4 Å². The summed E-state index contributed by atoms with van der Waals surface area (Å²) in [6.07, 6.45) is 3.74. The lowest BCUT2D eigenvalue weighted by Gasteiger charge is -2.02. The first-order valence-electron chi connectivity index (χ1n) is 5.51. The molecule has 0 unspecified atom stereocenters. The summed E-state index contributed by atoms with van der Waals surface area (Å²) in [5.41, 5.74) is 8.45. The second-order valence-electron chi connectivity index (χ2n) is 4.04. The summed E-state index contributed by atoms with van der Waals surface area (Å²) < 4.78 is 1.75. The summed E-state index contributed by atoms with van der Waals surface area (Å²) >= 11 is 7.62. The van der Waals surface area contributed by atoms with Gasteiger partial charge in [-0.25, -0.2) is 0 Å². The van der Waals surface area contributed by atoms with Gasteiger partial charge in [0.25, 0.3) is 0 Å². The Hall–Kier alpha value is -1.92. The van der Waals surface area contributed by atoms with Gasteiger partial charge in [-0.3, -0.25) is 4.68 Å². The average Bonchev–Trinajstić information content (AvgIpc) is 2.98. The molecule has 0 radical (unpaired) electrons. The normalized spacial score (nSPS) is 10.8. The lowest BCUT2D eigenvalue weighted by Crippen LogP contribution is -1.84. The van der Waals surface area contributed by atoms with Crippen molar-refractivity contribution >= 4 is 28.1 Å². The SMILES string of the molecule is Cn1cc(-c2ccc(-c3nnc(N)s3)c(Cl)c2)cn1. The molecule has 0 aliphatic heterocycles. The largest absolute Gasteiger partial charge is 0.374 e. The molecule has 0 saturated heterocycles. The Balaban J connectivity index is 2.03. The number of rotatable bonds is 2. The van der Waals surface area contributed by atoms with Crippen LogP contribution in [0.25, 0.3) is 21.7 Å². The van der Waals surface area contributed by atoms with E-state index in [2.05, 4.69) is 15.3 Å². The Bertz CT molecular complexity index is 733. The van der Waals surface area contributed by atoms with Crippen molar-refractivity contribution in [3.8, 4) is 21.7 Å². The van der Waals surface area contributed by atoms with E-state index in [1.165, 1.54) is 11.3 Å². The maximum Gasteiger partial charge on any atom is 0.203 e. The van der Waals surface area contributed by atoms with Crippen LogP contribution in [-0.4, -0.2) is 20.0 Å². The third-order valence-electron chi connectivity index (χ3n) is 2.68. The molecule has 1 aromatic carbocycles. The van der Waals surface area contributed by atoms with Crippen LogP contribution in [0.3, 0.4) is 0 Å². The summed E-state index contributed by atoms with van der Waals surface area (Å²) in [7, 11) is 1.88. The number of halogens is 1. The number of nitrogen functional groups attached to an aromatic ring is 1. The number of anilines is 1. The summed E-state index contributed by atoms with van der Waals surface area (Å²) in [5.74, 6) is 0. The predicted molar refractivity (Wildman–Crippen MR) is 77.0 cm³/mol. The second-order valence-corrected chi connectivity index (χ2v) is 5.46. The van der Waals surface area contributed by atoms with Crippen molar-refractivity contribution in [3.63, 3.8) is 0 Å². The van der Waals surface area contributed by atoms with E-state index in [-0.39, 0.29) is 0 Å². The fourth-order valence-electron chi connectivity index (χ4n) is 1.78. The highest BCUT2D eigenvalue weighted by molar-refractivity contribution is 7.18. The number of aromatic nitrogens is 4. The molecule has 0 saturated carbocycles. The van der Waals surface area contributed by atoms with Gasteiger partial charge in [-0.15, -0.1) is 10.2 Å². The molecule has 96 valence electrons. The molecule has 0 aliphatic rings. The maximum atomic E-state index is 6.30. The molecular weight excluding hydrogens is 282 g/mol. The van der Waals surface area contributed by atoms with Crippen LogP contribution in [0.15, 0.2) is 30.6 Å². The molecular formula is C12H10ClN5S. The van der Waals surface area contributed by atoms with E-state index < -0.39 is 0 Å². The van der Waals surface area contributed by atoms with Crippen LogP contribution in [0.1, 0.15) is 0 Å². The van der Waals surface area contributed by atoms with Crippen LogP contribution in [0.2, 0.25) is 5.02 Å². The average molecular weight is 292 g/mol. The van der Waals surface area contributed by atoms with Crippen molar-refractivity contribution in [2.24, 2.45) is 7.05 Å². The first-order chi connectivity index (χ1) is 9.13. The Labute approximate surface area is 118 Å². The Kier molecular flexibility index (Phi) is 2.96. The molecule has 0 atom stereocenters. The van der Waals surface area contributed by atoms with Crippen LogP contribution in [0.4, 0.5) is 5.13 Å². The van der Waals surface area contributed by atoms with E-state index in [9.17, 15) is 0 Å². The van der Waals surface area contributed by atoms with Crippen LogP contribution < -0.4 is 5.73 Å². The smallest absolute Gasteiger partial charge is 0.203 e. The van der Waals surface area contributed by atoms with Crippen molar-refractivity contribution in [2.75, 3.05) is 5.73 Å². The summed E-state index contributed by atoms with van der Waals surface area (Å²) in [6.45, 7) is 0. The van der Waals surface area contributed by atoms with Crippen molar-refractivity contribution in [2.45, 2.75) is 0 Å². The lowest BCUT2D eigenvalue weighted by atomic mass is 10.1. The van der Waals surface area contributed by atoms with Gasteiger partial charge >= 0.3 is 0 Å². The molecule has 3 rings (SSSR count). The zero-order chi connectivity index (χ0) is 13.4. The number of hydrogen-bond donors (Lipinski definition) is 1. The van der Waals surface area contributed by atoms with Crippen molar-refractivity contribution < 1.29 is 0 Å². The topological polar surface area (TPSA) is 69.6 Å². The number of aryl methyl sites for hydroxylation is 1. The Morgan fingerprint density at radius 3 is 2.68 bits per heavy atom. The fourth-order valence-corrected chi connectivity index (χ4v) is 2.76. The first kappa shape index (κ1) is 12.1. The van der Waals surface area contributed by atoms with Gasteiger partial charge in [0.1, 0.15) is 0 Å². The van der Waals surface area contributed by atoms with Gasteiger partial charge in [0, 0.05) is 24.4 Å². The standard InChI is InChI=1S/C12H10ClN5S/c1-18-6-8(5-15-18)7-2-3-9(10(13)4-7)11-16-17-12(14)19-11/h2-6H,1H3,(H2,14,17). The summed E-state index contributed by atoms with van der Waals surface area (Å²) in [6, 6.07) is 5.80. The molecule has 7 heteroatoms. The third kappa shape index (κ3) is 2.32. The zero-order valence-electron chi connectivity index (χ0n) is 10.0. The van der Waals surface area contributed by atoms with Crippen LogP contribution in [-0.2, 0) is 7.05 Å². The molecule has 19 heavy (non-hydrogen) atoms. The minimum Gasteiger partial charge on any atom is -0.374 e. The van der Waals surface area contributed by atoms with E-state index >= 15 is 0 Å². The highest BCUT2D eigenvalue weighted by atomic mass is 35.5. The molecule has 0 amide bonds. The summed E-state index contributed by atoms with van der Waals surface area (Å²) in [4.78, 5) is 0. The fraction of sp³-hybridized carbons (Fsp3) is 0.0833. The van der Waals surface area contributed by atoms with Gasteiger partial charge in [-0.05, 0) is 17.7 Å². The molecule has 0 bridgehead atoms. The highest BCUT2D eigenvalue weighted by Crippen LogP contribution is 2.34. The molecule has 3 aromatic rings. The monoisotopic (exact) mass is 291 g/mol. The lowest BCUT2D eigenvalue weighted by molar-refractivity contribution is 0.768. The van der Waals surface area contributed by atoms with E-state index in [4.69, 9.17) is 17.3 Å². The highest BCUT2D eigenvalue weighted by Gasteiger charge is 2.10. The van der Waals surface area contributed by atoms with Gasteiger partial charge in [0.2, 0.25) is 5.13 Å². The minimum absolute atomic E-state index is 0.433. The number of nitrogens with two attached hydrogens (primary N) is 1. The van der Waals surface area contributed by atoms with Gasteiger partial charge in [0.15, 0.2) is 5.01 Å². The van der Waals surface area contributed by atoms with Gasteiger partial charge in [-0.2, -0.15) is 5.10 Å². The van der Waals surface area contributed by atoms with E-state index in [1.54, 1.807) is 10.9 Å². The van der Waals surface area contributed by atoms with Crippen molar-refractivity contribution in [1.29, 1.82) is 0 Å². The molecule has 2 N–H and O–H groups in total. The zero-order valence-corrected chi connectivity index (χ0v) is 11.6.